The van der Waals surface area contributed by atoms with Crippen LogP contribution >= 0.6 is 0 Å². The van der Waals surface area contributed by atoms with Crippen molar-refractivity contribution in [3.8, 4) is 11.3 Å². The van der Waals surface area contributed by atoms with Crippen molar-refractivity contribution in [1.82, 2.24) is 9.97 Å². The number of rotatable bonds is 6. The first-order valence-corrected chi connectivity index (χ1v) is 10.7. The Hall–Kier alpha value is -3.21. The quantitative estimate of drug-likeness (QED) is 0.569. The largest absolute Gasteiger partial charge is 0.399 e. The molecular formula is C25H28N4O. The highest BCUT2D eigenvalue weighted by molar-refractivity contribution is 5.92. The normalized spacial score (nSPS) is 14.4. The molecule has 3 aromatic rings. The van der Waals surface area contributed by atoms with Gasteiger partial charge in [-0.3, -0.25) is 4.79 Å². The molecule has 1 amide bonds. The number of carbonyl (C=O) groups excluding carboxylic acids is 1. The summed E-state index contributed by atoms with van der Waals surface area (Å²) in [6.45, 7) is 0. The zero-order chi connectivity index (χ0) is 20.8. The number of aromatic nitrogens is 2. The second kappa shape index (κ2) is 9.53. The first-order valence-electron chi connectivity index (χ1n) is 10.7. The molecule has 0 unspecified atom stereocenters. The molecule has 0 aliphatic heterocycles. The molecule has 0 saturated heterocycles. The van der Waals surface area contributed by atoms with Gasteiger partial charge in [0.1, 0.15) is 0 Å². The third-order valence-corrected chi connectivity index (χ3v) is 5.72. The lowest BCUT2D eigenvalue weighted by Crippen LogP contribution is -2.19. The van der Waals surface area contributed by atoms with Gasteiger partial charge in [-0.15, -0.1) is 0 Å². The Kier molecular flexibility index (Phi) is 6.38. The number of nitrogen functional groups attached to an aromatic ring is 1. The molecule has 1 aliphatic carbocycles. The molecule has 1 saturated carbocycles. The Morgan fingerprint density at radius 3 is 2.47 bits per heavy atom. The Morgan fingerprint density at radius 2 is 1.73 bits per heavy atom. The molecule has 0 bridgehead atoms. The zero-order valence-electron chi connectivity index (χ0n) is 17.2. The van der Waals surface area contributed by atoms with Crippen LogP contribution in [0.3, 0.4) is 0 Å². The Morgan fingerprint density at radius 1 is 1.00 bits per heavy atom. The van der Waals surface area contributed by atoms with E-state index < -0.39 is 0 Å². The van der Waals surface area contributed by atoms with Gasteiger partial charge in [0.25, 0.3) is 0 Å². The molecular weight excluding hydrogens is 372 g/mol. The van der Waals surface area contributed by atoms with Crippen molar-refractivity contribution in [1.29, 1.82) is 0 Å². The minimum absolute atomic E-state index is 0.0689. The monoisotopic (exact) mass is 400 g/mol. The molecule has 4 rings (SSSR count). The van der Waals surface area contributed by atoms with Crippen molar-refractivity contribution in [2.24, 2.45) is 5.92 Å². The summed E-state index contributed by atoms with van der Waals surface area (Å²) in [6, 6.07) is 17.4. The fraction of sp³-hybridized carbons (Fsp3) is 0.320. The average molecular weight is 401 g/mol. The van der Waals surface area contributed by atoms with Crippen LogP contribution in [0.4, 0.5) is 11.5 Å². The molecule has 5 heteroatoms. The second-order valence-corrected chi connectivity index (χ2v) is 8.09. The van der Waals surface area contributed by atoms with Gasteiger partial charge in [-0.1, -0.05) is 74.6 Å². The molecule has 1 aromatic heterocycles. The van der Waals surface area contributed by atoms with Gasteiger partial charge in [0, 0.05) is 11.3 Å². The van der Waals surface area contributed by atoms with Gasteiger partial charge < -0.3 is 11.1 Å². The lowest BCUT2D eigenvalue weighted by Gasteiger charge is -2.22. The fourth-order valence-corrected chi connectivity index (χ4v) is 4.09. The molecule has 154 valence electrons. The van der Waals surface area contributed by atoms with E-state index in [0.717, 1.165) is 34.6 Å². The van der Waals surface area contributed by atoms with Crippen LogP contribution in [-0.2, 0) is 17.6 Å². The second-order valence-electron chi connectivity index (χ2n) is 8.09. The van der Waals surface area contributed by atoms with Crippen LogP contribution in [-0.4, -0.2) is 15.9 Å². The summed E-state index contributed by atoms with van der Waals surface area (Å²) in [5.41, 5.74) is 10.2. The van der Waals surface area contributed by atoms with E-state index in [2.05, 4.69) is 10.3 Å². The summed E-state index contributed by atoms with van der Waals surface area (Å²) in [7, 11) is 0. The van der Waals surface area contributed by atoms with Crippen molar-refractivity contribution in [2.75, 3.05) is 11.1 Å². The zero-order valence-corrected chi connectivity index (χ0v) is 17.2. The van der Waals surface area contributed by atoms with Crippen LogP contribution in [0.5, 0.6) is 0 Å². The number of nitrogens with one attached hydrogen (secondary N) is 1. The third kappa shape index (κ3) is 5.23. The molecule has 1 fully saturated rings. The number of hydrogen-bond donors (Lipinski definition) is 2. The van der Waals surface area contributed by atoms with Gasteiger partial charge >= 0.3 is 0 Å². The van der Waals surface area contributed by atoms with Crippen LogP contribution in [0.15, 0.2) is 60.8 Å². The molecule has 0 atom stereocenters. The number of carbonyl (C=O) groups is 1. The molecule has 0 spiro atoms. The molecule has 5 nitrogen and oxygen atoms in total. The van der Waals surface area contributed by atoms with Crippen molar-refractivity contribution in [3.63, 3.8) is 0 Å². The summed E-state index contributed by atoms with van der Waals surface area (Å²) in [6.07, 6.45) is 9.18. The lowest BCUT2D eigenvalue weighted by atomic mass is 9.86. The highest BCUT2D eigenvalue weighted by Gasteiger charge is 2.19. The first kappa shape index (κ1) is 20.1. The van der Waals surface area contributed by atoms with Gasteiger partial charge in [-0.05, 0) is 30.0 Å². The van der Waals surface area contributed by atoms with E-state index in [4.69, 9.17) is 10.7 Å². The summed E-state index contributed by atoms with van der Waals surface area (Å²) in [4.78, 5) is 22.1. The topological polar surface area (TPSA) is 80.9 Å². The van der Waals surface area contributed by atoms with E-state index in [1.54, 1.807) is 6.20 Å². The summed E-state index contributed by atoms with van der Waals surface area (Å²) >= 11 is 0. The summed E-state index contributed by atoms with van der Waals surface area (Å²) in [5.74, 6) is 1.11. The maximum atomic E-state index is 12.6. The minimum atomic E-state index is -0.0689. The fourth-order valence-electron chi connectivity index (χ4n) is 4.09. The smallest absolute Gasteiger partial charge is 0.229 e. The van der Waals surface area contributed by atoms with Crippen molar-refractivity contribution in [2.45, 2.75) is 44.9 Å². The van der Waals surface area contributed by atoms with E-state index in [9.17, 15) is 4.79 Å². The number of benzene rings is 2. The Balaban J connectivity index is 1.57. The van der Waals surface area contributed by atoms with E-state index >= 15 is 0 Å². The van der Waals surface area contributed by atoms with Crippen LogP contribution in [0.2, 0.25) is 0 Å². The van der Waals surface area contributed by atoms with Crippen LogP contribution in [0, 0.1) is 5.92 Å². The summed E-state index contributed by atoms with van der Waals surface area (Å²) < 4.78 is 0. The molecule has 2 aromatic carbocycles. The average Bonchev–Trinajstić information content (AvgIpc) is 2.77. The van der Waals surface area contributed by atoms with Gasteiger partial charge in [0.05, 0.1) is 24.0 Å². The number of nitrogens with zero attached hydrogens (tertiary/aromatic N) is 2. The van der Waals surface area contributed by atoms with Crippen LogP contribution in [0.1, 0.15) is 43.4 Å². The highest BCUT2D eigenvalue weighted by atomic mass is 16.1. The van der Waals surface area contributed by atoms with Gasteiger partial charge in [0.2, 0.25) is 5.91 Å². The van der Waals surface area contributed by atoms with Crippen molar-refractivity contribution < 1.29 is 4.79 Å². The molecule has 3 N–H and O–H groups in total. The van der Waals surface area contributed by atoms with Crippen molar-refractivity contribution in [3.05, 3.63) is 72.1 Å². The van der Waals surface area contributed by atoms with Crippen LogP contribution < -0.4 is 11.1 Å². The molecule has 1 aliphatic rings. The number of nitrogens with two attached hydrogens (primary N) is 1. The first-order chi connectivity index (χ1) is 14.7. The number of hydrogen-bond acceptors (Lipinski definition) is 4. The minimum Gasteiger partial charge on any atom is -0.399 e. The number of amides is 1. The Bertz CT molecular complexity index is 980. The predicted molar refractivity (Wildman–Crippen MR) is 121 cm³/mol. The maximum absolute atomic E-state index is 12.6. The maximum Gasteiger partial charge on any atom is 0.229 e. The summed E-state index contributed by atoms with van der Waals surface area (Å²) in [5, 5.41) is 3.00. The Labute approximate surface area is 177 Å². The van der Waals surface area contributed by atoms with E-state index in [-0.39, 0.29) is 5.91 Å². The molecule has 0 radical (unpaired) electrons. The van der Waals surface area contributed by atoms with E-state index in [1.165, 1.54) is 32.1 Å². The van der Waals surface area contributed by atoms with E-state index in [1.807, 2.05) is 54.6 Å². The van der Waals surface area contributed by atoms with Crippen LogP contribution in [0.25, 0.3) is 11.3 Å². The van der Waals surface area contributed by atoms with E-state index in [0.29, 0.717) is 18.2 Å². The highest BCUT2D eigenvalue weighted by Crippen LogP contribution is 2.29. The standard InChI is InChI=1S/C25H28N4O/c26-21-13-11-20(12-14-21)23-17-27-25(22(28-23)15-18-7-3-1-4-8-18)29-24(30)16-19-9-5-2-6-10-19/h2,5-6,9-14,17-18H,1,3-4,7-8,15-16,26H2,(H,27,29,30). The van der Waals surface area contributed by atoms with Gasteiger partial charge in [0.15, 0.2) is 5.82 Å². The number of anilines is 2. The molecule has 1 heterocycles. The SMILES string of the molecule is Nc1ccc(-c2cnc(NC(=O)Cc3ccccc3)c(CC3CCCCC3)n2)cc1. The third-order valence-electron chi connectivity index (χ3n) is 5.72. The predicted octanol–water partition coefficient (Wildman–Crippen LogP) is 5.03. The lowest BCUT2D eigenvalue weighted by molar-refractivity contribution is -0.115. The van der Waals surface area contributed by atoms with Gasteiger partial charge in [-0.25, -0.2) is 9.97 Å². The van der Waals surface area contributed by atoms with Crippen molar-refractivity contribution >= 4 is 17.4 Å². The molecule has 30 heavy (non-hydrogen) atoms. The van der Waals surface area contributed by atoms with Gasteiger partial charge in [-0.2, -0.15) is 0 Å².